The molecule has 0 saturated carbocycles. The van der Waals surface area contributed by atoms with Crippen LogP contribution < -0.4 is 5.73 Å². The van der Waals surface area contributed by atoms with Gasteiger partial charge in [-0.3, -0.25) is 9.48 Å². The maximum absolute atomic E-state index is 12.3. The Kier molecular flexibility index (Phi) is 5.16. The molecular formula is C12H21ClN4O. The minimum Gasteiger partial charge on any atom is -0.334 e. The van der Waals surface area contributed by atoms with Crippen molar-refractivity contribution in [1.82, 2.24) is 14.7 Å². The molecule has 1 aliphatic heterocycles. The first-order chi connectivity index (χ1) is 8.13. The van der Waals surface area contributed by atoms with Gasteiger partial charge in [0.25, 0.3) is 5.91 Å². The number of rotatable bonds is 2. The van der Waals surface area contributed by atoms with Gasteiger partial charge in [-0.25, -0.2) is 0 Å². The second-order valence-electron chi connectivity index (χ2n) is 4.82. The molecule has 0 aliphatic carbocycles. The summed E-state index contributed by atoms with van der Waals surface area (Å²) in [5.41, 5.74) is 6.44. The largest absolute Gasteiger partial charge is 0.334 e. The van der Waals surface area contributed by atoms with Crippen LogP contribution in [0.2, 0.25) is 0 Å². The third-order valence-electron chi connectivity index (χ3n) is 3.57. The SMILES string of the molecule is CC1CCCN(C(=O)c2cnn(C)c2)C1CN.Cl. The number of amides is 1. The van der Waals surface area contributed by atoms with Gasteiger partial charge in [-0.05, 0) is 18.8 Å². The number of nitrogens with zero attached hydrogens (tertiary/aromatic N) is 3. The highest BCUT2D eigenvalue weighted by atomic mass is 35.5. The second kappa shape index (κ2) is 6.20. The van der Waals surface area contributed by atoms with Crippen LogP contribution >= 0.6 is 12.4 Å². The molecule has 5 nitrogen and oxygen atoms in total. The molecular weight excluding hydrogens is 252 g/mol. The minimum atomic E-state index is 0. The highest BCUT2D eigenvalue weighted by molar-refractivity contribution is 5.94. The van der Waals surface area contributed by atoms with Crippen molar-refractivity contribution in [3.63, 3.8) is 0 Å². The molecule has 1 saturated heterocycles. The molecule has 18 heavy (non-hydrogen) atoms. The number of halogens is 1. The van der Waals surface area contributed by atoms with Gasteiger partial charge >= 0.3 is 0 Å². The van der Waals surface area contributed by atoms with Crippen molar-refractivity contribution in [1.29, 1.82) is 0 Å². The number of likely N-dealkylation sites (tertiary alicyclic amines) is 1. The molecule has 1 aromatic heterocycles. The smallest absolute Gasteiger partial charge is 0.257 e. The summed E-state index contributed by atoms with van der Waals surface area (Å²) in [7, 11) is 1.82. The van der Waals surface area contributed by atoms with Gasteiger partial charge in [-0.1, -0.05) is 6.92 Å². The maximum atomic E-state index is 12.3. The molecule has 1 aliphatic rings. The van der Waals surface area contributed by atoms with Gasteiger partial charge in [-0.15, -0.1) is 12.4 Å². The molecule has 0 bridgehead atoms. The van der Waals surface area contributed by atoms with Crippen molar-refractivity contribution in [2.45, 2.75) is 25.8 Å². The standard InChI is InChI=1S/C12H20N4O.ClH/c1-9-4-3-5-16(11(9)6-13)12(17)10-7-14-15(2)8-10;/h7-9,11H,3-6,13H2,1-2H3;1H. The maximum Gasteiger partial charge on any atom is 0.257 e. The summed E-state index contributed by atoms with van der Waals surface area (Å²) in [6, 6.07) is 0.163. The molecule has 2 atom stereocenters. The van der Waals surface area contributed by atoms with Crippen LogP contribution in [0.25, 0.3) is 0 Å². The van der Waals surface area contributed by atoms with E-state index in [0.717, 1.165) is 19.4 Å². The number of aromatic nitrogens is 2. The zero-order valence-electron chi connectivity index (χ0n) is 10.9. The summed E-state index contributed by atoms with van der Waals surface area (Å²) in [6.07, 6.45) is 5.59. The lowest BCUT2D eigenvalue weighted by atomic mass is 9.90. The van der Waals surface area contributed by atoms with Gasteiger partial charge in [0.2, 0.25) is 0 Å². The molecule has 102 valence electrons. The monoisotopic (exact) mass is 272 g/mol. The van der Waals surface area contributed by atoms with Gasteiger partial charge < -0.3 is 10.6 Å². The number of carbonyl (C=O) groups is 1. The van der Waals surface area contributed by atoms with Crippen LogP contribution in [0, 0.1) is 5.92 Å². The first-order valence-electron chi connectivity index (χ1n) is 6.13. The highest BCUT2D eigenvalue weighted by Crippen LogP contribution is 2.24. The summed E-state index contributed by atoms with van der Waals surface area (Å²) in [6.45, 7) is 3.51. The molecule has 2 N–H and O–H groups in total. The summed E-state index contributed by atoms with van der Waals surface area (Å²) in [4.78, 5) is 14.3. The summed E-state index contributed by atoms with van der Waals surface area (Å²) < 4.78 is 1.65. The summed E-state index contributed by atoms with van der Waals surface area (Å²) in [5, 5.41) is 4.04. The van der Waals surface area contributed by atoms with E-state index in [4.69, 9.17) is 5.73 Å². The number of nitrogens with two attached hydrogens (primary N) is 1. The van der Waals surface area contributed by atoms with Crippen molar-refractivity contribution in [3.05, 3.63) is 18.0 Å². The Morgan fingerprint density at radius 3 is 2.89 bits per heavy atom. The van der Waals surface area contributed by atoms with E-state index in [-0.39, 0.29) is 24.4 Å². The first kappa shape index (κ1) is 15.0. The third-order valence-corrected chi connectivity index (χ3v) is 3.57. The molecule has 2 heterocycles. The van der Waals surface area contributed by atoms with E-state index >= 15 is 0 Å². The topological polar surface area (TPSA) is 64.2 Å². The molecule has 0 spiro atoms. The van der Waals surface area contributed by atoms with Crippen LogP contribution in [0.5, 0.6) is 0 Å². The third kappa shape index (κ3) is 2.84. The zero-order chi connectivity index (χ0) is 12.4. The molecule has 6 heteroatoms. The van der Waals surface area contributed by atoms with Gasteiger partial charge in [0.15, 0.2) is 0 Å². The Balaban J connectivity index is 0.00000162. The zero-order valence-corrected chi connectivity index (χ0v) is 11.7. The number of carbonyl (C=O) groups excluding carboxylic acids is 1. The van der Waals surface area contributed by atoms with E-state index in [2.05, 4.69) is 12.0 Å². The minimum absolute atomic E-state index is 0. The van der Waals surface area contributed by atoms with Gasteiger partial charge in [0.05, 0.1) is 11.8 Å². The quantitative estimate of drug-likeness (QED) is 0.875. The van der Waals surface area contributed by atoms with Crippen LogP contribution in [-0.2, 0) is 7.05 Å². The van der Waals surface area contributed by atoms with Crippen LogP contribution in [0.3, 0.4) is 0 Å². The Hall–Kier alpha value is -1.07. The predicted octanol–water partition coefficient (Wildman–Crippen LogP) is 1.04. The van der Waals surface area contributed by atoms with E-state index in [1.54, 1.807) is 17.1 Å². The normalized spacial score (nSPS) is 23.6. The molecule has 1 fully saturated rings. The van der Waals surface area contributed by atoms with Gasteiger partial charge in [-0.2, -0.15) is 5.10 Å². The van der Waals surface area contributed by atoms with Crippen LogP contribution in [0.15, 0.2) is 12.4 Å². The Bertz CT molecular complexity index is 407. The van der Waals surface area contributed by atoms with Crippen molar-refractivity contribution >= 4 is 18.3 Å². The molecule has 1 amide bonds. The van der Waals surface area contributed by atoms with Crippen molar-refractivity contribution < 1.29 is 4.79 Å². The van der Waals surface area contributed by atoms with E-state index in [0.29, 0.717) is 18.0 Å². The van der Waals surface area contributed by atoms with Gasteiger partial charge in [0, 0.05) is 32.4 Å². The van der Waals surface area contributed by atoms with Gasteiger partial charge in [0.1, 0.15) is 0 Å². The Labute approximate surface area is 114 Å². The highest BCUT2D eigenvalue weighted by Gasteiger charge is 2.31. The van der Waals surface area contributed by atoms with Crippen LogP contribution in [0.4, 0.5) is 0 Å². The van der Waals surface area contributed by atoms with E-state index in [1.165, 1.54) is 0 Å². The lowest BCUT2D eigenvalue weighted by Gasteiger charge is -2.39. The summed E-state index contributed by atoms with van der Waals surface area (Å²) in [5.74, 6) is 0.537. The van der Waals surface area contributed by atoms with Crippen molar-refractivity contribution in [3.8, 4) is 0 Å². The Morgan fingerprint density at radius 1 is 1.61 bits per heavy atom. The van der Waals surface area contributed by atoms with E-state index in [9.17, 15) is 4.79 Å². The lowest BCUT2D eigenvalue weighted by molar-refractivity contribution is 0.0532. The number of hydrogen-bond acceptors (Lipinski definition) is 3. The van der Waals surface area contributed by atoms with Crippen molar-refractivity contribution in [2.24, 2.45) is 18.7 Å². The average Bonchev–Trinajstić information content (AvgIpc) is 2.74. The fraction of sp³-hybridized carbons (Fsp3) is 0.667. The van der Waals surface area contributed by atoms with Crippen molar-refractivity contribution in [2.75, 3.05) is 13.1 Å². The molecule has 0 aromatic carbocycles. The molecule has 2 unspecified atom stereocenters. The summed E-state index contributed by atoms with van der Waals surface area (Å²) >= 11 is 0. The van der Waals surface area contributed by atoms with Crippen LogP contribution in [0.1, 0.15) is 30.1 Å². The first-order valence-corrected chi connectivity index (χ1v) is 6.13. The molecule has 2 rings (SSSR count). The average molecular weight is 273 g/mol. The fourth-order valence-corrected chi connectivity index (χ4v) is 2.56. The number of hydrogen-bond donors (Lipinski definition) is 1. The Morgan fingerprint density at radius 2 is 2.33 bits per heavy atom. The van der Waals surface area contributed by atoms with E-state index in [1.807, 2.05) is 11.9 Å². The number of piperidine rings is 1. The van der Waals surface area contributed by atoms with Crippen LogP contribution in [-0.4, -0.2) is 39.7 Å². The van der Waals surface area contributed by atoms with E-state index < -0.39 is 0 Å². The molecule has 1 aromatic rings. The number of aryl methyl sites for hydroxylation is 1. The second-order valence-corrected chi connectivity index (χ2v) is 4.82. The lowest BCUT2D eigenvalue weighted by Crippen LogP contribution is -2.51. The fourth-order valence-electron chi connectivity index (χ4n) is 2.56. The predicted molar refractivity (Wildman–Crippen MR) is 72.7 cm³/mol. The molecule has 0 radical (unpaired) electrons.